The Balaban J connectivity index is 2.15. The van der Waals surface area contributed by atoms with Crippen LogP contribution >= 0.6 is 15.9 Å². The van der Waals surface area contributed by atoms with Gasteiger partial charge in [-0.05, 0) is 43.6 Å². The molecule has 0 saturated carbocycles. The molecular formula is C14H20BrN5O. The summed E-state index contributed by atoms with van der Waals surface area (Å²) in [5.74, 6) is -0.0890. The third-order valence-electron chi connectivity index (χ3n) is 3.55. The number of hydrogen-bond acceptors (Lipinski definition) is 3. The van der Waals surface area contributed by atoms with Crippen molar-refractivity contribution < 1.29 is 4.79 Å². The summed E-state index contributed by atoms with van der Waals surface area (Å²) in [5.41, 5.74) is 1.17. The van der Waals surface area contributed by atoms with Crippen LogP contribution in [0.1, 0.15) is 38.1 Å². The maximum Gasteiger partial charge on any atom is 0.247 e. The van der Waals surface area contributed by atoms with E-state index in [2.05, 4.69) is 31.4 Å². The van der Waals surface area contributed by atoms with E-state index in [1.165, 1.54) is 0 Å². The first-order valence-electron chi connectivity index (χ1n) is 6.73. The third-order valence-corrected chi connectivity index (χ3v) is 3.95. The number of nitrogens with one attached hydrogen (secondary N) is 1. The molecule has 0 aliphatic heterocycles. The van der Waals surface area contributed by atoms with E-state index in [9.17, 15) is 4.79 Å². The maximum atomic E-state index is 12.6. The van der Waals surface area contributed by atoms with Gasteiger partial charge in [0.1, 0.15) is 5.54 Å². The zero-order valence-corrected chi connectivity index (χ0v) is 14.5. The molecule has 0 fully saturated rings. The lowest BCUT2D eigenvalue weighted by molar-refractivity contribution is -0.129. The van der Waals surface area contributed by atoms with Gasteiger partial charge in [0.25, 0.3) is 0 Å². The molecule has 1 atom stereocenters. The van der Waals surface area contributed by atoms with Gasteiger partial charge >= 0.3 is 0 Å². The Bertz CT molecular complexity index is 658. The second-order valence-electron chi connectivity index (χ2n) is 5.70. The van der Waals surface area contributed by atoms with E-state index in [1.54, 1.807) is 21.8 Å². The molecule has 7 heteroatoms. The molecule has 1 unspecified atom stereocenters. The molecule has 2 aromatic rings. The van der Waals surface area contributed by atoms with Crippen molar-refractivity contribution in [3.8, 4) is 0 Å². The molecule has 2 heterocycles. The van der Waals surface area contributed by atoms with Gasteiger partial charge in [-0.25, -0.2) is 0 Å². The van der Waals surface area contributed by atoms with Crippen LogP contribution in [0.4, 0.5) is 0 Å². The van der Waals surface area contributed by atoms with Crippen LogP contribution in [0.25, 0.3) is 0 Å². The van der Waals surface area contributed by atoms with Crippen molar-refractivity contribution in [2.75, 3.05) is 0 Å². The van der Waals surface area contributed by atoms with Crippen LogP contribution in [-0.2, 0) is 17.4 Å². The largest absolute Gasteiger partial charge is 0.347 e. The molecule has 0 aliphatic carbocycles. The molecule has 1 N–H and O–H groups in total. The smallest absolute Gasteiger partial charge is 0.247 e. The van der Waals surface area contributed by atoms with Gasteiger partial charge in [-0.15, -0.1) is 0 Å². The summed E-state index contributed by atoms with van der Waals surface area (Å²) in [6.07, 6.45) is 5.39. The van der Waals surface area contributed by atoms with Crippen molar-refractivity contribution in [3.63, 3.8) is 0 Å². The summed E-state index contributed by atoms with van der Waals surface area (Å²) in [5, 5.41) is 11.5. The van der Waals surface area contributed by atoms with Gasteiger partial charge < -0.3 is 5.32 Å². The van der Waals surface area contributed by atoms with E-state index in [0.717, 1.165) is 15.7 Å². The molecule has 6 nitrogen and oxygen atoms in total. The highest BCUT2D eigenvalue weighted by Gasteiger charge is 2.32. The minimum absolute atomic E-state index is 0.0890. The molecule has 21 heavy (non-hydrogen) atoms. The zero-order chi connectivity index (χ0) is 15.8. The summed E-state index contributed by atoms with van der Waals surface area (Å²) in [7, 11) is 1.87. The average Bonchev–Trinajstić information content (AvgIpc) is 2.95. The highest BCUT2D eigenvalue weighted by atomic mass is 79.9. The number of rotatable bonds is 4. The average molecular weight is 354 g/mol. The van der Waals surface area contributed by atoms with Crippen LogP contribution in [0.15, 0.2) is 23.1 Å². The number of amides is 1. The van der Waals surface area contributed by atoms with Crippen molar-refractivity contribution >= 4 is 21.8 Å². The molecule has 2 rings (SSSR count). The third kappa shape index (κ3) is 3.18. The van der Waals surface area contributed by atoms with Crippen molar-refractivity contribution in [2.24, 2.45) is 7.05 Å². The van der Waals surface area contributed by atoms with Gasteiger partial charge in [-0.3, -0.25) is 14.2 Å². The summed E-state index contributed by atoms with van der Waals surface area (Å²) < 4.78 is 4.25. The van der Waals surface area contributed by atoms with Gasteiger partial charge in [0, 0.05) is 25.0 Å². The molecule has 0 spiro atoms. The van der Waals surface area contributed by atoms with Gasteiger partial charge in [-0.1, -0.05) is 0 Å². The monoisotopic (exact) mass is 353 g/mol. The van der Waals surface area contributed by atoms with E-state index in [0.29, 0.717) is 0 Å². The molecule has 114 valence electrons. The van der Waals surface area contributed by atoms with Crippen LogP contribution in [0.5, 0.6) is 0 Å². The van der Waals surface area contributed by atoms with Crippen molar-refractivity contribution in [3.05, 3.63) is 34.3 Å². The lowest BCUT2D eigenvalue weighted by atomic mass is 10.0. The molecule has 0 bridgehead atoms. The van der Waals surface area contributed by atoms with Gasteiger partial charge in [0.05, 0.1) is 22.4 Å². The minimum Gasteiger partial charge on any atom is -0.347 e. The molecule has 1 amide bonds. The molecule has 2 aromatic heterocycles. The fourth-order valence-corrected chi connectivity index (χ4v) is 2.49. The Hall–Kier alpha value is -1.63. The van der Waals surface area contributed by atoms with Gasteiger partial charge in [0.2, 0.25) is 5.91 Å². The maximum absolute atomic E-state index is 12.6. The molecule has 0 saturated heterocycles. The Morgan fingerprint density at radius 2 is 2.10 bits per heavy atom. The van der Waals surface area contributed by atoms with Crippen molar-refractivity contribution in [2.45, 2.75) is 39.3 Å². The fourth-order valence-electron chi connectivity index (χ4n) is 2.20. The number of nitrogens with zero attached hydrogens (tertiary/aromatic N) is 4. The van der Waals surface area contributed by atoms with E-state index < -0.39 is 5.54 Å². The van der Waals surface area contributed by atoms with E-state index in [4.69, 9.17) is 0 Å². The van der Waals surface area contributed by atoms with E-state index in [1.807, 2.05) is 40.9 Å². The normalized spacial score (nSPS) is 13.2. The Morgan fingerprint density at radius 1 is 1.43 bits per heavy atom. The SMILES string of the molecule is Cc1nn(C)cc1C(C)NC(=O)C(C)(C)n1cc(Br)cn1. The first-order valence-corrected chi connectivity index (χ1v) is 7.53. The summed E-state index contributed by atoms with van der Waals surface area (Å²) >= 11 is 3.35. The van der Waals surface area contributed by atoms with Crippen molar-refractivity contribution in [1.29, 1.82) is 0 Å². The summed E-state index contributed by atoms with van der Waals surface area (Å²) in [6.45, 7) is 7.57. The van der Waals surface area contributed by atoms with E-state index >= 15 is 0 Å². The number of aryl methyl sites for hydroxylation is 2. The first kappa shape index (κ1) is 15.8. The van der Waals surface area contributed by atoms with Gasteiger partial charge in [0.15, 0.2) is 0 Å². The number of halogens is 1. The topological polar surface area (TPSA) is 64.7 Å². The second-order valence-corrected chi connectivity index (χ2v) is 6.62. The van der Waals surface area contributed by atoms with E-state index in [-0.39, 0.29) is 11.9 Å². The highest BCUT2D eigenvalue weighted by Crippen LogP contribution is 2.21. The van der Waals surface area contributed by atoms with Crippen LogP contribution < -0.4 is 5.32 Å². The van der Waals surface area contributed by atoms with Crippen LogP contribution in [0.3, 0.4) is 0 Å². The summed E-state index contributed by atoms with van der Waals surface area (Å²) in [4.78, 5) is 12.6. The fraction of sp³-hybridized carbons (Fsp3) is 0.500. The first-order chi connectivity index (χ1) is 9.71. The van der Waals surface area contributed by atoms with Crippen molar-refractivity contribution in [1.82, 2.24) is 24.9 Å². The number of hydrogen-bond donors (Lipinski definition) is 1. The highest BCUT2D eigenvalue weighted by molar-refractivity contribution is 9.10. The second kappa shape index (κ2) is 5.63. The zero-order valence-electron chi connectivity index (χ0n) is 12.9. The van der Waals surface area contributed by atoms with Crippen LogP contribution in [0, 0.1) is 6.92 Å². The number of carbonyl (C=O) groups excluding carboxylic acids is 1. The lowest BCUT2D eigenvalue weighted by Gasteiger charge is -2.26. The molecular weight excluding hydrogens is 334 g/mol. The Morgan fingerprint density at radius 3 is 2.57 bits per heavy atom. The van der Waals surface area contributed by atoms with Gasteiger partial charge in [-0.2, -0.15) is 10.2 Å². The molecule has 0 radical (unpaired) electrons. The summed E-state index contributed by atoms with van der Waals surface area (Å²) in [6, 6.07) is -0.107. The standard InChI is InChI=1S/C14H20BrN5O/c1-9(12-8-19(5)18-10(12)2)17-13(21)14(3,4)20-7-11(15)6-16-20/h6-9H,1-5H3,(H,17,21). The van der Waals surface area contributed by atoms with Crippen LogP contribution in [0.2, 0.25) is 0 Å². The van der Waals surface area contributed by atoms with Crippen LogP contribution in [-0.4, -0.2) is 25.5 Å². The Kier molecular flexibility index (Phi) is 4.22. The predicted octanol–water partition coefficient (Wildman–Crippen LogP) is 2.30. The Labute approximate surface area is 132 Å². The predicted molar refractivity (Wildman–Crippen MR) is 83.8 cm³/mol. The minimum atomic E-state index is -0.767. The lowest BCUT2D eigenvalue weighted by Crippen LogP contribution is -2.45. The number of carbonyl (C=O) groups is 1. The molecule has 0 aromatic carbocycles. The number of aromatic nitrogens is 4. The quantitative estimate of drug-likeness (QED) is 0.916. The molecule has 0 aliphatic rings.